The van der Waals surface area contributed by atoms with Crippen LogP contribution >= 0.6 is 24.0 Å². The van der Waals surface area contributed by atoms with Crippen LogP contribution in [0.15, 0.2) is 17.4 Å². The molecular weight excluding hydrogens is 379 g/mol. The molecule has 2 fully saturated rings. The Bertz CT molecular complexity index is 482. The van der Waals surface area contributed by atoms with Gasteiger partial charge >= 0.3 is 0 Å². The Labute approximate surface area is 143 Å². The van der Waals surface area contributed by atoms with E-state index < -0.39 is 0 Å². The van der Waals surface area contributed by atoms with Crippen LogP contribution in [0.2, 0.25) is 0 Å². The Morgan fingerprint density at radius 2 is 2.24 bits per heavy atom. The quantitative estimate of drug-likeness (QED) is 0.446. The number of aryl methyl sites for hydroxylation is 1. The first-order valence-electron chi connectivity index (χ1n) is 7.43. The molecule has 7 heteroatoms. The highest BCUT2D eigenvalue weighted by Crippen LogP contribution is 2.29. The van der Waals surface area contributed by atoms with Gasteiger partial charge in [-0.2, -0.15) is 5.10 Å². The molecule has 0 aromatic carbocycles. The molecule has 0 radical (unpaired) electrons. The highest BCUT2D eigenvalue weighted by Gasteiger charge is 2.34. The number of aliphatic imine (C=N–C) groups is 1. The number of guanidine groups is 1. The predicted octanol–water partition coefficient (Wildman–Crippen LogP) is 0.940. The standard InChI is InChI=1S/C14H24N6.HI/c1-15-14(16-7-11-8-17-19(2)9-11)18-12-5-6-20(10-12)13-3-4-13;/h8-9,12-13H,3-7,10H2,1-2H3,(H2,15,16,18);1H. The van der Waals surface area contributed by atoms with Gasteiger partial charge in [-0.1, -0.05) is 0 Å². The second-order valence-corrected chi connectivity index (χ2v) is 5.80. The van der Waals surface area contributed by atoms with Gasteiger partial charge in [-0.05, 0) is 19.3 Å². The van der Waals surface area contributed by atoms with Crippen molar-refractivity contribution in [2.75, 3.05) is 20.1 Å². The summed E-state index contributed by atoms with van der Waals surface area (Å²) in [6, 6.07) is 1.39. The Kier molecular flexibility index (Phi) is 5.86. The zero-order chi connectivity index (χ0) is 13.9. The van der Waals surface area contributed by atoms with E-state index in [1.165, 1.54) is 31.4 Å². The number of nitrogens with one attached hydrogen (secondary N) is 2. The van der Waals surface area contributed by atoms with E-state index in [1.807, 2.05) is 31.2 Å². The fourth-order valence-corrected chi connectivity index (χ4v) is 2.81. The average molecular weight is 404 g/mol. The number of hydrogen-bond acceptors (Lipinski definition) is 3. The van der Waals surface area contributed by atoms with Crippen molar-refractivity contribution < 1.29 is 0 Å². The van der Waals surface area contributed by atoms with Gasteiger partial charge in [0.25, 0.3) is 0 Å². The van der Waals surface area contributed by atoms with Crippen LogP contribution in [0.1, 0.15) is 24.8 Å². The number of nitrogens with zero attached hydrogens (tertiary/aromatic N) is 4. The highest BCUT2D eigenvalue weighted by atomic mass is 127. The molecule has 0 spiro atoms. The molecule has 2 heterocycles. The molecule has 1 saturated carbocycles. The summed E-state index contributed by atoms with van der Waals surface area (Å²) in [6.45, 7) is 3.13. The van der Waals surface area contributed by atoms with Gasteiger partial charge in [-0.3, -0.25) is 14.6 Å². The van der Waals surface area contributed by atoms with Crippen molar-refractivity contribution in [1.29, 1.82) is 0 Å². The van der Waals surface area contributed by atoms with E-state index in [2.05, 4.69) is 25.6 Å². The van der Waals surface area contributed by atoms with E-state index >= 15 is 0 Å². The van der Waals surface area contributed by atoms with Gasteiger partial charge in [-0.25, -0.2) is 0 Å². The summed E-state index contributed by atoms with van der Waals surface area (Å²) in [4.78, 5) is 6.91. The summed E-state index contributed by atoms with van der Waals surface area (Å²) in [7, 11) is 3.76. The van der Waals surface area contributed by atoms with Gasteiger partial charge in [0.2, 0.25) is 0 Å². The number of hydrogen-bond donors (Lipinski definition) is 2. The molecule has 1 aliphatic carbocycles. The molecule has 1 aromatic heterocycles. The van der Waals surface area contributed by atoms with Crippen molar-refractivity contribution in [3.8, 4) is 0 Å². The molecule has 6 nitrogen and oxygen atoms in total. The largest absolute Gasteiger partial charge is 0.352 e. The summed E-state index contributed by atoms with van der Waals surface area (Å²) in [5, 5.41) is 11.0. The highest BCUT2D eigenvalue weighted by molar-refractivity contribution is 14.0. The van der Waals surface area contributed by atoms with Gasteiger partial charge in [0, 0.05) is 57.6 Å². The summed E-state index contributed by atoms with van der Waals surface area (Å²) < 4.78 is 1.82. The molecule has 1 unspecified atom stereocenters. The Morgan fingerprint density at radius 1 is 1.43 bits per heavy atom. The van der Waals surface area contributed by atoms with Crippen molar-refractivity contribution in [2.45, 2.75) is 37.9 Å². The van der Waals surface area contributed by atoms with Gasteiger partial charge in [0.15, 0.2) is 5.96 Å². The Hall–Kier alpha value is -0.830. The molecule has 1 atom stereocenters. The lowest BCUT2D eigenvalue weighted by atomic mass is 10.3. The van der Waals surface area contributed by atoms with Crippen LogP contribution in [-0.2, 0) is 13.6 Å². The third-order valence-electron chi connectivity index (χ3n) is 4.07. The zero-order valence-electron chi connectivity index (χ0n) is 12.7. The minimum Gasteiger partial charge on any atom is -0.352 e. The second-order valence-electron chi connectivity index (χ2n) is 5.80. The van der Waals surface area contributed by atoms with Crippen molar-refractivity contribution in [3.05, 3.63) is 18.0 Å². The summed E-state index contributed by atoms with van der Waals surface area (Å²) in [5.41, 5.74) is 1.17. The SMILES string of the molecule is CN=C(NCc1cnn(C)c1)NC1CCN(C2CC2)C1.I. The topological polar surface area (TPSA) is 57.5 Å². The summed E-state index contributed by atoms with van der Waals surface area (Å²) in [6.07, 6.45) is 7.89. The van der Waals surface area contributed by atoms with Crippen molar-refractivity contribution in [1.82, 2.24) is 25.3 Å². The summed E-state index contributed by atoms with van der Waals surface area (Å²) in [5.74, 6) is 0.886. The molecule has 2 aliphatic rings. The van der Waals surface area contributed by atoms with Crippen LogP contribution in [0, 0.1) is 0 Å². The van der Waals surface area contributed by atoms with E-state index in [-0.39, 0.29) is 24.0 Å². The van der Waals surface area contributed by atoms with E-state index in [1.54, 1.807) is 0 Å². The molecule has 1 saturated heterocycles. The smallest absolute Gasteiger partial charge is 0.191 e. The maximum atomic E-state index is 4.31. The molecule has 2 N–H and O–H groups in total. The summed E-state index contributed by atoms with van der Waals surface area (Å²) >= 11 is 0. The minimum atomic E-state index is 0. The first-order valence-corrected chi connectivity index (χ1v) is 7.43. The van der Waals surface area contributed by atoms with Crippen molar-refractivity contribution in [2.24, 2.45) is 12.0 Å². The normalized spacial score (nSPS) is 23.0. The third-order valence-corrected chi connectivity index (χ3v) is 4.07. The Balaban J connectivity index is 0.00000161. The number of rotatable bonds is 4. The van der Waals surface area contributed by atoms with E-state index in [9.17, 15) is 0 Å². The van der Waals surface area contributed by atoms with Gasteiger partial charge < -0.3 is 10.6 Å². The van der Waals surface area contributed by atoms with Crippen molar-refractivity contribution >= 4 is 29.9 Å². The van der Waals surface area contributed by atoms with Gasteiger partial charge in [0.1, 0.15) is 0 Å². The number of likely N-dealkylation sites (tertiary alicyclic amines) is 1. The Morgan fingerprint density at radius 3 is 2.86 bits per heavy atom. The molecule has 1 aliphatic heterocycles. The molecular formula is C14H25IN6. The van der Waals surface area contributed by atoms with Crippen LogP contribution in [0.3, 0.4) is 0 Å². The fourth-order valence-electron chi connectivity index (χ4n) is 2.81. The number of halogens is 1. The van der Waals surface area contributed by atoms with Crippen LogP contribution in [0.5, 0.6) is 0 Å². The molecule has 0 bridgehead atoms. The van der Waals surface area contributed by atoms with Crippen LogP contribution in [0.25, 0.3) is 0 Å². The van der Waals surface area contributed by atoms with Crippen LogP contribution in [0.4, 0.5) is 0 Å². The zero-order valence-corrected chi connectivity index (χ0v) is 15.1. The molecule has 118 valence electrons. The predicted molar refractivity (Wildman–Crippen MR) is 95.0 cm³/mol. The van der Waals surface area contributed by atoms with Crippen LogP contribution in [-0.4, -0.2) is 52.9 Å². The first-order chi connectivity index (χ1) is 9.74. The lowest BCUT2D eigenvalue weighted by molar-refractivity contribution is 0.321. The maximum Gasteiger partial charge on any atom is 0.191 e. The molecule has 21 heavy (non-hydrogen) atoms. The monoisotopic (exact) mass is 404 g/mol. The third kappa shape index (κ3) is 4.57. The minimum absolute atomic E-state index is 0. The van der Waals surface area contributed by atoms with Crippen LogP contribution < -0.4 is 10.6 Å². The second kappa shape index (κ2) is 7.44. The fraction of sp³-hybridized carbons (Fsp3) is 0.714. The molecule has 1 aromatic rings. The first kappa shape index (κ1) is 16.5. The van der Waals surface area contributed by atoms with E-state index in [0.717, 1.165) is 25.1 Å². The molecule has 3 rings (SSSR count). The van der Waals surface area contributed by atoms with E-state index in [4.69, 9.17) is 0 Å². The van der Waals surface area contributed by atoms with Crippen molar-refractivity contribution in [3.63, 3.8) is 0 Å². The van der Waals surface area contributed by atoms with Gasteiger partial charge in [0.05, 0.1) is 6.20 Å². The number of aromatic nitrogens is 2. The maximum absolute atomic E-state index is 4.31. The molecule has 0 amide bonds. The van der Waals surface area contributed by atoms with Gasteiger partial charge in [-0.15, -0.1) is 24.0 Å². The van der Waals surface area contributed by atoms with E-state index in [0.29, 0.717) is 6.04 Å². The average Bonchev–Trinajstić information content (AvgIpc) is 3.06. The lowest BCUT2D eigenvalue weighted by Crippen LogP contribution is -2.44. The lowest BCUT2D eigenvalue weighted by Gasteiger charge is -2.18.